The van der Waals surface area contributed by atoms with E-state index in [1.165, 1.54) is 55.6 Å². The number of hydrogen-bond donors (Lipinski definition) is 0. The van der Waals surface area contributed by atoms with Crippen molar-refractivity contribution in [3.8, 4) is 45.2 Å². The molecular weight excluding hydrogens is 773 g/mol. The molecule has 9 aromatic carbocycles. The number of para-hydroxylation sites is 4. The van der Waals surface area contributed by atoms with Gasteiger partial charge in [-0.3, -0.25) is 0 Å². The second kappa shape index (κ2) is 15.5. The van der Waals surface area contributed by atoms with E-state index in [0.29, 0.717) is 0 Å². The molecule has 0 unspecified atom stereocenters. The molecule has 0 fully saturated rings. The first-order valence-electron chi connectivity index (χ1n) is 22.3. The van der Waals surface area contributed by atoms with E-state index in [1.807, 2.05) is 0 Å². The van der Waals surface area contributed by atoms with Gasteiger partial charge in [-0.2, -0.15) is 0 Å². The first kappa shape index (κ1) is 39.0. The number of rotatable bonds is 7. The molecule has 0 amide bonds. The van der Waals surface area contributed by atoms with Crippen LogP contribution >= 0.6 is 0 Å². The largest absolute Gasteiger partial charge is 0.311 e. The van der Waals surface area contributed by atoms with Crippen LogP contribution in [0.4, 0.5) is 34.1 Å². The summed E-state index contributed by atoms with van der Waals surface area (Å²) in [6.45, 7) is 9.40. The van der Waals surface area contributed by atoms with Crippen molar-refractivity contribution < 1.29 is 0 Å². The Morgan fingerprint density at radius 1 is 0.281 bits per heavy atom. The maximum absolute atomic E-state index is 3.57. The molecule has 0 aromatic heterocycles. The Hall–Kier alpha value is -7.86. The topological polar surface area (TPSA) is 6.48 Å². The third kappa shape index (κ3) is 6.69. The van der Waals surface area contributed by atoms with Crippen molar-refractivity contribution in [3.05, 3.63) is 252 Å². The zero-order chi connectivity index (χ0) is 43.4. The fourth-order valence-corrected chi connectivity index (χ4v) is 10.1. The molecule has 0 atom stereocenters. The maximum Gasteiger partial charge on any atom is 0.0465 e. The number of nitrogens with zero attached hydrogens (tertiary/aromatic N) is 2. The van der Waals surface area contributed by atoms with Gasteiger partial charge in [-0.05, 0) is 159 Å². The van der Waals surface area contributed by atoms with E-state index >= 15 is 0 Å². The van der Waals surface area contributed by atoms with Crippen LogP contribution in [0.3, 0.4) is 0 Å². The summed E-state index contributed by atoms with van der Waals surface area (Å²) in [5.74, 6) is 7.14. The molecule has 306 valence electrons. The molecule has 0 saturated heterocycles. The van der Waals surface area contributed by atoms with E-state index in [1.54, 1.807) is 0 Å². The molecular formula is C62H48N2. The van der Waals surface area contributed by atoms with Gasteiger partial charge in [0.05, 0.1) is 0 Å². The van der Waals surface area contributed by atoms with Gasteiger partial charge in [-0.1, -0.05) is 155 Å². The number of benzene rings is 9. The third-order valence-electron chi connectivity index (χ3n) is 13.5. The lowest BCUT2D eigenvalue weighted by Gasteiger charge is -2.28. The van der Waals surface area contributed by atoms with Gasteiger partial charge in [0.25, 0.3) is 0 Å². The predicted molar refractivity (Wildman–Crippen MR) is 269 cm³/mol. The molecule has 0 bridgehead atoms. The zero-order valence-corrected chi connectivity index (χ0v) is 36.7. The van der Waals surface area contributed by atoms with Crippen molar-refractivity contribution >= 4 is 34.1 Å². The number of fused-ring (bicyclic) bond motifs is 6. The average Bonchev–Trinajstić information content (AvgIpc) is 3.70. The number of anilines is 6. The van der Waals surface area contributed by atoms with Crippen molar-refractivity contribution in [1.82, 2.24) is 0 Å². The van der Waals surface area contributed by atoms with Gasteiger partial charge in [-0.25, -0.2) is 0 Å². The van der Waals surface area contributed by atoms with Crippen LogP contribution in [0.5, 0.6) is 0 Å². The molecule has 0 saturated carbocycles. The molecule has 2 aliphatic rings. The molecule has 11 rings (SSSR count). The van der Waals surface area contributed by atoms with Crippen molar-refractivity contribution in [2.45, 2.75) is 38.5 Å². The molecule has 0 radical (unpaired) electrons. The Morgan fingerprint density at radius 3 is 1.03 bits per heavy atom. The fraction of sp³-hybridized carbons (Fsp3) is 0.0968. The van der Waals surface area contributed by atoms with Crippen molar-refractivity contribution in [1.29, 1.82) is 0 Å². The van der Waals surface area contributed by atoms with Gasteiger partial charge in [-0.15, -0.1) is 0 Å². The van der Waals surface area contributed by atoms with Crippen LogP contribution in [0, 0.1) is 11.8 Å². The van der Waals surface area contributed by atoms with Gasteiger partial charge in [0.2, 0.25) is 0 Å². The summed E-state index contributed by atoms with van der Waals surface area (Å²) in [5, 5.41) is 0. The summed E-state index contributed by atoms with van der Waals surface area (Å²) in [4.78, 5) is 4.65. The van der Waals surface area contributed by atoms with E-state index in [9.17, 15) is 0 Å². The highest BCUT2D eigenvalue weighted by Crippen LogP contribution is 2.52. The molecule has 0 aliphatic heterocycles. The summed E-state index contributed by atoms with van der Waals surface area (Å²) in [6.07, 6.45) is 0. The number of hydrogen-bond acceptors (Lipinski definition) is 2. The van der Waals surface area contributed by atoms with E-state index < -0.39 is 0 Å². The molecule has 0 spiro atoms. The standard InChI is InChI=1S/C62H48N2/c1-61(2)57-39-43(27-35-53(57)55-37-31-46(41-59(55)61)45-29-32-51(33-30-45)63(47-17-9-5-10-18-47)48-19-11-6-12-20-48)25-26-44-28-36-54-56-38-34-52(42-60(56)62(3,4)58(54)40-44)64(49-21-13-7-14-22-49)50-23-15-8-16-24-50/h5-24,27-42H,1-4H3. The SMILES string of the molecule is CC1(C)c2cc(C#Cc3ccc4c(c3)C(C)(C)c3cc(N(c5ccccc5)c5ccccc5)ccc3-4)ccc2-c2ccc(-c3ccc(N(c4ccccc4)c4ccccc4)cc3)cc21. The summed E-state index contributed by atoms with van der Waals surface area (Å²) in [6, 6.07) is 78.9. The Labute approximate surface area is 377 Å². The summed E-state index contributed by atoms with van der Waals surface area (Å²) < 4.78 is 0. The van der Waals surface area contributed by atoms with Gasteiger partial charge < -0.3 is 9.80 Å². The zero-order valence-electron chi connectivity index (χ0n) is 36.7. The first-order chi connectivity index (χ1) is 31.2. The van der Waals surface area contributed by atoms with Crippen molar-refractivity contribution in [2.24, 2.45) is 0 Å². The smallest absolute Gasteiger partial charge is 0.0465 e. The molecule has 64 heavy (non-hydrogen) atoms. The van der Waals surface area contributed by atoms with Crippen molar-refractivity contribution in [3.63, 3.8) is 0 Å². The fourth-order valence-electron chi connectivity index (χ4n) is 10.1. The predicted octanol–water partition coefficient (Wildman–Crippen LogP) is 16.3. The third-order valence-corrected chi connectivity index (χ3v) is 13.5. The molecule has 2 nitrogen and oxygen atoms in total. The van der Waals surface area contributed by atoms with Crippen LogP contribution in [0.15, 0.2) is 218 Å². The summed E-state index contributed by atoms with van der Waals surface area (Å²) >= 11 is 0. The van der Waals surface area contributed by atoms with Gasteiger partial charge in [0.1, 0.15) is 0 Å². The van der Waals surface area contributed by atoms with Gasteiger partial charge in [0, 0.05) is 56.1 Å². The second-order valence-electron chi connectivity index (χ2n) is 18.1. The van der Waals surface area contributed by atoms with Crippen molar-refractivity contribution in [2.75, 3.05) is 9.80 Å². The Bertz CT molecular complexity index is 3170. The highest BCUT2D eigenvalue weighted by Gasteiger charge is 2.37. The summed E-state index contributed by atoms with van der Waals surface area (Å²) in [5.41, 5.74) is 21.5. The maximum atomic E-state index is 3.57. The molecule has 0 heterocycles. The van der Waals surface area contributed by atoms with Gasteiger partial charge >= 0.3 is 0 Å². The normalized spacial score (nSPS) is 13.4. The summed E-state index contributed by atoms with van der Waals surface area (Å²) in [7, 11) is 0. The van der Waals surface area contributed by atoms with Gasteiger partial charge in [0.15, 0.2) is 0 Å². The minimum absolute atomic E-state index is 0.172. The van der Waals surface area contributed by atoms with E-state index in [4.69, 9.17) is 0 Å². The minimum Gasteiger partial charge on any atom is -0.311 e. The van der Waals surface area contributed by atoms with Crippen LogP contribution in [0.1, 0.15) is 61.1 Å². The first-order valence-corrected chi connectivity index (χ1v) is 22.3. The monoisotopic (exact) mass is 820 g/mol. The molecule has 0 N–H and O–H groups in total. The quantitative estimate of drug-likeness (QED) is 0.148. The van der Waals surface area contributed by atoms with E-state index in [-0.39, 0.29) is 10.8 Å². The van der Waals surface area contributed by atoms with E-state index in [2.05, 4.69) is 268 Å². The van der Waals surface area contributed by atoms with Crippen LogP contribution < -0.4 is 9.80 Å². The second-order valence-corrected chi connectivity index (χ2v) is 18.1. The molecule has 2 heteroatoms. The highest BCUT2D eigenvalue weighted by molar-refractivity contribution is 5.87. The van der Waals surface area contributed by atoms with Crippen LogP contribution in [-0.4, -0.2) is 0 Å². The van der Waals surface area contributed by atoms with Crippen LogP contribution in [0.25, 0.3) is 33.4 Å². The highest BCUT2D eigenvalue weighted by atomic mass is 15.1. The molecule has 9 aromatic rings. The van der Waals surface area contributed by atoms with E-state index in [0.717, 1.165) is 45.3 Å². The Balaban J connectivity index is 0.856. The average molecular weight is 821 g/mol. The van der Waals surface area contributed by atoms with Crippen LogP contribution in [-0.2, 0) is 10.8 Å². The molecule has 2 aliphatic carbocycles. The lowest BCUT2D eigenvalue weighted by Crippen LogP contribution is -2.16. The lowest BCUT2D eigenvalue weighted by molar-refractivity contribution is 0.660. The minimum atomic E-state index is -0.188. The lowest BCUT2D eigenvalue weighted by atomic mass is 9.81. The van der Waals surface area contributed by atoms with Crippen LogP contribution in [0.2, 0.25) is 0 Å². The Morgan fingerprint density at radius 2 is 0.594 bits per heavy atom. The Kier molecular flexibility index (Phi) is 9.45.